The topological polar surface area (TPSA) is 33.7 Å². The molecule has 1 N–H and O–H groups in total. The third-order valence-corrected chi connectivity index (χ3v) is 3.48. The highest BCUT2D eigenvalue weighted by molar-refractivity contribution is 4.83. The van der Waals surface area contributed by atoms with Crippen molar-refractivity contribution in [3.8, 4) is 0 Å². The number of likely N-dealkylation sites (N-methyl/N-ethyl adjacent to an activating group) is 1. The second-order valence-electron chi connectivity index (χ2n) is 4.64. The van der Waals surface area contributed by atoms with Crippen LogP contribution < -0.4 is 5.32 Å². The predicted molar refractivity (Wildman–Crippen MR) is 65.8 cm³/mol. The van der Waals surface area contributed by atoms with E-state index in [0.717, 1.165) is 32.7 Å². The molecule has 0 aromatic heterocycles. The maximum Gasteiger partial charge on any atom is 0.0703 e. The Hall–Kier alpha value is -0.160. The molecule has 1 aliphatic heterocycles. The normalized spacial score (nSPS) is 27.6. The number of rotatable bonds is 7. The lowest BCUT2D eigenvalue weighted by Gasteiger charge is -2.32. The number of hydrogen-bond donors (Lipinski definition) is 1. The molecule has 0 spiro atoms. The van der Waals surface area contributed by atoms with Gasteiger partial charge < -0.3 is 14.8 Å². The molecule has 0 aromatic rings. The molecule has 16 heavy (non-hydrogen) atoms. The second-order valence-corrected chi connectivity index (χ2v) is 4.64. The van der Waals surface area contributed by atoms with Crippen LogP contribution in [0.25, 0.3) is 0 Å². The van der Waals surface area contributed by atoms with Crippen molar-refractivity contribution in [1.29, 1.82) is 0 Å². The average molecular weight is 230 g/mol. The van der Waals surface area contributed by atoms with Crippen LogP contribution in [0.5, 0.6) is 0 Å². The minimum absolute atomic E-state index is 0.367. The highest BCUT2D eigenvalue weighted by Gasteiger charge is 2.29. The van der Waals surface area contributed by atoms with Crippen LogP contribution in [0.4, 0.5) is 0 Å². The lowest BCUT2D eigenvalue weighted by molar-refractivity contribution is 0.0700. The Kier molecular flexibility index (Phi) is 6.28. The monoisotopic (exact) mass is 230 g/mol. The zero-order valence-electron chi connectivity index (χ0n) is 11.0. The van der Waals surface area contributed by atoms with Crippen molar-refractivity contribution in [3.05, 3.63) is 0 Å². The van der Waals surface area contributed by atoms with Gasteiger partial charge in [-0.25, -0.2) is 0 Å². The molecule has 1 aliphatic rings. The Morgan fingerprint density at radius 3 is 2.88 bits per heavy atom. The summed E-state index contributed by atoms with van der Waals surface area (Å²) >= 11 is 0. The molecule has 0 aromatic carbocycles. The molecule has 0 saturated carbocycles. The van der Waals surface area contributed by atoms with Crippen LogP contribution in [0.2, 0.25) is 0 Å². The summed E-state index contributed by atoms with van der Waals surface area (Å²) in [7, 11) is 3.92. The first-order chi connectivity index (χ1) is 7.66. The van der Waals surface area contributed by atoms with Crippen LogP contribution in [0.1, 0.15) is 20.3 Å². The molecule has 0 radical (unpaired) electrons. The quantitative estimate of drug-likeness (QED) is 0.654. The van der Waals surface area contributed by atoms with Crippen molar-refractivity contribution in [2.45, 2.75) is 38.5 Å². The van der Waals surface area contributed by atoms with Crippen molar-refractivity contribution >= 4 is 0 Å². The summed E-state index contributed by atoms with van der Waals surface area (Å²) in [5, 5.41) is 3.40. The fourth-order valence-corrected chi connectivity index (χ4v) is 2.21. The summed E-state index contributed by atoms with van der Waals surface area (Å²) in [5.74, 6) is 0. The van der Waals surface area contributed by atoms with Gasteiger partial charge in [0.1, 0.15) is 0 Å². The van der Waals surface area contributed by atoms with E-state index in [4.69, 9.17) is 9.47 Å². The number of methoxy groups -OCH3 is 1. The van der Waals surface area contributed by atoms with Gasteiger partial charge in [0.25, 0.3) is 0 Å². The zero-order chi connectivity index (χ0) is 12.0. The maximum absolute atomic E-state index is 5.60. The summed E-state index contributed by atoms with van der Waals surface area (Å²) in [6, 6.07) is 1.10. The standard InChI is InChI=1S/C12H26N2O2/c1-10(9-13-6-8-15-4)14(3)12-5-7-16-11(12)2/h10-13H,5-9H2,1-4H3. The van der Waals surface area contributed by atoms with E-state index >= 15 is 0 Å². The molecule has 1 fully saturated rings. The van der Waals surface area contributed by atoms with Gasteiger partial charge in [-0.05, 0) is 27.3 Å². The van der Waals surface area contributed by atoms with Crippen molar-refractivity contribution in [2.24, 2.45) is 0 Å². The second kappa shape index (κ2) is 7.22. The lowest BCUT2D eigenvalue weighted by atomic mass is 10.1. The zero-order valence-corrected chi connectivity index (χ0v) is 11.0. The fraction of sp³-hybridized carbons (Fsp3) is 1.00. The van der Waals surface area contributed by atoms with Gasteiger partial charge in [0.2, 0.25) is 0 Å². The van der Waals surface area contributed by atoms with Crippen molar-refractivity contribution in [1.82, 2.24) is 10.2 Å². The van der Waals surface area contributed by atoms with E-state index in [-0.39, 0.29) is 0 Å². The molecule has 0 bridgehead atoms. The number of nitrogens with one attached hydrogen (secondary N) is 1. The van der Waals surface area contributed by atoms with E-state index in [1.165, 1.54) is 0 Å². The number of ether oxygens (including phenoxy) is 2. The highest BCUT2D eigenvalue weighted by atomic mass is 16.5. The van der Waals surface area contributed by atoms with E-state index in [1.54, 1.807) is 7.11 Å². The molecule has 96 valence electrons. The first-order valence-electron chi connectivity index (χ1n) is 6.20. The van der Waals surface area contributed by atoms with Gasteiger partial charge in [-0.1, -0.05) is 0 Å². The van der Waals surface area contributed by atoms with E-state index in [9.17, 15) is 0 Å². The van der Waals surface area contributed by atoms with Crippen molar-refractivity contribution < 1.29 is 9.47 Å². The molecule has 3 atom stereocenters. The molecular weight excluding hydrogens is 204 g/mol. The average Bonchev–Trinajstić information content (AvgIpc) is 2.69. The molecule has 0 amide bonds. The van der Waals surface area contributed by atoms with Crippen LogP contribution in [-0.2, 0) is 9.47 Å². The van der Waals surface area contributed by atoms with Gasteiger partial charge in [-0.3, -0.25) is 4.90 Å². The molecule has 1 rings (SSSR count). The summed E-state index contributed by atoms with van der Waals surface area (Å²) in [5.41, 5.74) is 0. The Balaban J connectivity index is 2.21. The summed E-state index contributed by atoms with van der Waals surface area (Å²) < 4.78 is 10.6. The molecule has 1 heterocycles. The minimum atomic E-state index is 0.367. The predicted octanol–water partition coefficient (Wildman–Crippen LogP) is 0.720. The maximum atomic E-state index is 5.60. The molecule has 0 aliphatic carbocycles. The molecule has 4 heteroatoms. The van der Waals surface area contributed by atoms with Gasteiger partial charge in [-0.15, -0.1) is 0 Å². The van der Waals surface area contributed by atoms with Crippen LogP contribution in [0.3, 0.4) is 0 Å². The SMILES string of the molecule is COCCNCC(C)N(C)C1CCOC1C. The third kappa shape index (κ3) is 4.01. The van der Waals surface area contributed by atoms with Gasteiger partial charge >= 0.3 is 0 Å². The van der Waals surface area contributed by atoms with Crippen LogP contribution in [0, 0.1) is 0 Å². The van der Waals surface area contributed by atoms with Gasteiger partial charge in [0, 0.05) is 38.9 Å². The van der Waals surface area contributed by atoms with E-state index in [2.05, 4.69) is 31.1 Å². The largest absolute Gasteiger partial charge is 0.383 e. The van der Waals surface area contributed by atoms with E-state index in [0.29, 0.717) is 18.2 Å². The molecular formula is C12H26N2O2. The highest BCUT2D eigenvalue weighted by Crippen LogP contribution is 2.19. The number of hydrogen-bond acceptors (Lipinski definition) is 4. The molecule has 3 unspecified atom stereocenters. The first kappa shape index (κ1) is 13.9. The molecule has 1 saturated heterocycles. The van der Waals surface area contributed by atoms with E-state index in [1.807, 2.05) is 0 Å². The van der Waals surface area contributed by atoms with Gasteiger partial charge in [0.05, 0.1) is 12.7 Å². The third-order valence-electron chi connectivity index (χ3n) is 3.48. The summed E-state index contributed by atoms with van der Waals surface area (Å²) in [6.07, 6.45) is 1.52. The van der Waals surface area contributed by atoms with Crippen LogP contribution in [0.15, 0.2) is 0 Å². The van der Waals surface area contributed by atoms with Gasteiger partial charge in [-0.2, -0.15) is 0 Å². The Bertz CT molecular complexity index is 190. The van der Waals surface area contributed by atoms with E-state index < -0.39 is 0 Å². The minimum Gasteiger partial charge on any atom is -0.383 e. The van der Waals surface area contributed by atoms with Crippen LogP contribution >= 0.6 is 0 Å². The summed E-state index contributed by atoms with van der Waals surface area (Å²) in [4.78, 5) is 2.43. The lowest BCUT2D eigenvalue weighted by Crippen LogP contribution is -2.46. The van der Waals surface area contributed by atoms with Crippen molar-refractivity contribution in [3.63, 3.8) is 0 Å². The number of nitrogens with zero attached hydrogens (tertiary/aromatic N) is 1. The Morgan fingerprint density at radius 1 is 1.56 bits per heavy atom. The summed E-state index contributed by atoms with van der Waals surface area (Å²) in [6.45, 7) is 8.03. The first-order valence-corrected chi connectivity index (χ1v) is 6.20. The smallest absolute Gasteiger partial charge is 0.0703 e. The Morgan fingerprint density at radius 2 is 2.31 bits per heavy atom. The van der Waals surface area contributed by atoms with Gasteiger partial charge in [0.15, 0.2) is 0 Å². The molecule has 4 nitrogen and oxygen atoms in total. The van der Waals surface area contributed by atoms with Crippen molar-refractivity contribution in [2.75, 3.05) is 40.5 Å². The Labute approximate surface area is 99.3 Å². The fourth-order valence-electron chi connectivity index (χ4n) is 2.21. The van der Waals surface area contributed by atoms with Crippen LogP contribution in [-0.4, -0.2) is 63.5 Å².